The van der Waals surface area contributed by atoms with Gasteiger partial charge in [0.2, 0.25) is 5.91 Å². The Hall–Kier alpha value is -1.14. The number of aliphatic hydroxyl groups excluding tert-OH is 1. The van der Waals surface area contributed by atoms with Crippen molar-refractivity contribution in [3.63, 3.8) is 0 Å². The highest BCUT2D eigenvalue weighted by molar-refractivity contribution is 5.83. The van der Waals surface area contributed by atoms with Crippen molar-refractivity contribution in [3.8, 4) is 0 Å². The van der Waals surface area contributed by atoms with Gasteiger partial charge in [0.15, 0.2) is 0 Å². The highest BCUT2D eigenvalue weighted by Crippen LogP contribution is 2.08. The fourth-order valence-corrected chi connectivity index (χ4v) is 2.00. The van der Waals surface area contributed by atoms with Gasteiger partial charge in [-0.25, -0.2) is 0 Å². The Balaban J connectivity index is 2.42. The fourth-order valence-electron chi connectivity index (χ4n) is 2.00. The van der Waals surface area contributed by atoms with Gasteiger partial charge in [0.25, 0.3) is 0 Å². The molecule has 0 saturated carbocycles. The number of amides is 1. The lowest BCUT2D eigenvalue weighted by atomic mass is 10.1. The van der Waals surface area contributed by atoms with Gasteiger partial charge >= 0.3 is 5.97 Å². The minimum Gasteiger partial charge on any atom is -0.481 e. The van der Waals surface area contributed by atoms with Crippen LogP contribution in [0.1, 0.15) is 32.6 Å². The lowest BCUT2D eigenvalue weighted by Crippen LogP contribution is -2.45. The largest absolute Gasteiger partial charge is 0.481 e. The number of rotatable bonds is 6. The number of aliphatic hydroxyl groups is 1. The first-order chi connectivity index (χ1) is 8.02. The summed E-state index contributed by atoms with van der Waals surface area (Å²) in [6, 6.07) is -0.734. The van der Waals surface area contributed by atoms with E-state index < -0.39 is 18.1 Å². The molecule has 1 aliphatic rings. The SMILES string of the molecule is CCCC(CC(=O)O)NC(=O)C1CC(O)CN1. The number of carbonyl (C=O) groups is 2. The van der Waals surface area contributed by atoms with Crippen LogP contribution in [0.2, 0.25) is 0 Å². The normalized spacial score (nSPS) is 25.5. The number of nitrogens with one attached hydrogen (secondary N) is 2. The summed E-state index contributed by atoms with van der Waals surface area (Å²) in [4.78, 5) is 22.4. The summed E-state index contributed by atoms with van der Waals surface area (Å²) in [5.74, 6) is -1.13. The Morgan fingerprint density at radius 1 is 1.53 bits per heavy atom. The van der Waals surface area contributed by atoms with Crippen LogP contribution in [0.5, 0.6) is 0 Å². The Bertz CT molecular complexity index is 283. The van der Waals surface area contributed by atoms with Crippen molar-refractivity contribution < 1.29 is 19.8 Å². The average molecular weight is 244 g/mol. The van der Waals surface area contributed by atoms with Crippen LogP contribution in [0.4, 0.5) is 0 Å². The molecule has 4 N–H and O–H groups in total. The molecule has 0 aliphatic carbocycles. The lowest BCUT2D eigenvalue weighted by molar-refractivity contribution is -0.137. The van der Waals surface area contributed by atoms with Crippen molar-refractivity contribution in [2.75, 3.05) is 6.54 Å². The zero-order chi connectivity index (χ0) is 12.8. The van der Waals surface area contributed by atoms with Gasteiger partial charge < -0.3 is 20.8 Å². The first-order valence-electron chi connectivity index (χ1n) is 5.96. The number of carboxylic acids is 1. The van der Waals surface area contributed by atoms with E-state index in [1.807, 2.05) is 6.92 Å². The molecule has 0 aromatic heterocycles. The molecule has 1 heterocycles. The van der Waals surface area contributed by atoms with Crippen molar-refractivity contribution in [3.05, 3.63) is 0 Å². The second-order valence-electron chi connectivity index (χ2n) is 4.44. The third-order valence-electron chi connectivity index (χ3n) is 2.83. The zero-order valence-corrected chi connectivity index (χ0v) is 9.98. The van der Waals surface area contributed by atoms with Crippen LogP contribution in [0, 0.1) is 0 Å². The summed E-state index contributed by atoms with van der Waals surface area (Å²) >= 11 is 0. The summed E-state index contributed by atoms with van der Waals surface area (Å²) in [7, 11) is 0. The van der Waals surface area contributed by atoms with Gasteiger partial charge in [0.05, 0.1) is 18.6 Å². The minimum absolute atomic E-state index is 0.0607. The van der Waals surface area contributed by atoms with Crippen LogP contribution in [-0.2, 0) is 9.59 Å². The molecule has 1 amide bonds. The molecular weight excluding hydrogens is 224 g/mol. The maximum absolute atomic E-state index is 11.8. The predicted octanol–water partition coefficient (Wildman–Crippen LogP) is -0.531. The summed E-state index contributed by atoms with van der Waals surface area (Å²) in [5.41, 5.74) is 0. The van der Waals surface area contributed by atoms with Crippen molar-refractivity contribution in [1.82, 2.24) is 10.6 Å². The van der Waals surface area contributed by atoms with Crippen LogP contribution in [0.15, 0.2) is 0 Å². The Labute approximate surface area is 100 Å². The smallest absolute Gasteiger partial charge is 0.305 e. The van der Waals surface area contributed by atoms with E-state index in [0.717, 1.165) is 6.42 Å². The molecule has 0 aromatic rings. The van der Waals surface area contributed by atoms with Gasteiger partial charge in [-0.1, -0.05) is 13.3 Å². The van der Waals surface area contributed by atoms with E-state index in [9.17, 15) is 14.7 Å². The van der Waals surface area contributed by atoms with E-state index >= 15 is 0 Å². The van der Waals surface area contributed by atoms with Gasteiger partial charge in [-0.05, 0) is 12.8 Å². The van der Waals surface area contributed by atoms with E-state index in [1.54, 1.807) is 0 Å². The minimum atomic E-state index is -0.914. The average Bonchev–Trinajstić information content (AvgIpc) is 2.64. The molecule has 1 rings (SSSR count). The molecule has 0 radical (unpaired) electrons. The van der Waals surface area contributed by atoms with Gasteiger partial charge in [0, 0.05) is 12.6 Å². The highest BCUT2D eigenvalue weighted by atomic mass is 16.4. The maximum atomic E-state index is 11.8. The van der Waals surface area contributed by atoms with Gasteiger partial charge in [-0.3, -0.25) is 9.59 Å². The molecule has 17 heavy (non-hydrogen) atoms. The molecule has 98 valence electrons. The molecule has 1 fully saturated rings. The summed E-state index contributed by atoms with van der Waals surface area (Å²) < 4.78 is 0. The van der Waals surface area contributed by atoms with Gasteiger partial charge in [-0.15, -0.1) is 0 Å². The fraction of sp³-hybridized carbons (Fsp3) is 0.818. The van der Waals surface area contributed by atoms with Gasteiger partial charge in [-0.2, -0.15) is 0 Å². The number of hydrogen-bond acceptors (Lipinski definition) is 4. The van der Waals surface area contributed by atoms with E-state index in [-0.39, 0.29) is 18.4 Å². The second-order valence-corrected chi connectivity index (χ2v) is 4.44. The van der Waals surface area contributed by atoms with E-state index in [0.29, 0.717) is 19.4 Å². The molecule has 0 aromatic carbocycles. The zero-order valence-electron chi connectivity index (χ0n) is 9.98. The van der Waals surface area contributed by atoms with Crippen molar-refractivity contribution in [2.45, 2.75) is 50.8 Å². The van der Waals surface area contributed by atoms with Gasteiger partial charge in [0.1, 0.15) is 0 Å². The molecule has 0 bridgehead atoms. The first kappa shape index (κ1) is 13.9. The lowest BCUT2D eigenvalue weighted by Gasteiger charge is -2.18. The molecule has 0 spiro atoms. The van der Waals surface area contributed by atoms with Crippen molar-refractivity contribution >= 4 is 11.9 Å². The number of carboxylic acid groups (broad SMARTS) is 1. The van der Waals surface area contributed by atoms with Crippen LogP contribution < -0.4 is 10.6 Å². The Kier molecular flexibility index (Phi) is 5.37. The number of aliphatic carboxylic acids is 1. The van der Waals surface area contributed by atoms with Crippen LogP contribution in [-0.4, -0.2) is 46.8 Å². The molecule has 6 heteroatoms. The highest BCUT2D eigenvalue weighted by Gasteiger charge is 2.29. The number of carbonyl (C=O) groups excluding carboxylic acids is 1. The molecule has 6 nitrogen and oxygen atoms in total. The molecular formula is C11H20N2O4. The molecule has 1 saturated heterocycles. The molecule has 3 atom stereocenters. The standard InChI is InChI=1S/C11H20N2O4/c1-2-3-7(4-10(15)16)13-11(17)9-5-8(14)6-12-9/h7-9,12,14H,2-6H2,1H3,(H,13,17)(H,15,16). The molecule has 1 aliphatic heterocycles. The summed E-state index contributed by atoms with van der Waals surface area (Å²) in [6.07, 6.45) is 1.30. The van der Waals surface area contributed by atoms with E-state index in [1.165, 1.54) is 0 Å². The Morgan fingerprint density at radius 2 is 2.24 bits per heavy atom. The first-order valence-corrected chi connectivity index (χ1v) is 5.96. The number of hydrogen-bond donors (Lipinski definition) is 4. The van der Waals surface area contributed by atoms with E-state index in [4.69, 9.17) is 5.11 Å². The summed E-state index contributed by atoms with van der Waals surface area (Å²) in [6.45, 7) is 2.36. The van der Waals surface area contributed by atoms with Crippen molar-refractivity contribution in [1.29, 1.82) is 0 Å². The maximum Gasteiger partial charge on any atom is 0.305 e. The quantitative estimate of drug-likeness (QED) is 0.503. The van der Waals surface area contributed by atoms with Crippen LogP contribution >= 0.6 is 0 Å². The second kappa shape index (κ2) is 6.56. The van der Waals surface area contributed by atoms with Crippen LogP contribution in [0.25, 0.3) is 0 Å². The topological polar surface area (TPSA) is 98.7 Å². The predicted molar refractivity (Wildman–Crippen MR) is 61.5 cm³/mol. The van der Waals surface area contributed by atoms with Crippen LogP contribution in [0.3, 0.4) is 0 Å². The third-order valence-corrected chi connectivity index (χ3v) is 2.83. The Morgan fingerprint density at radius 3 is 2.71 bits per heavy atom. The van der Waals surface area contributed by atoms with Crippen molar-refractivity contribution in [2.24, 2.45) is 0 Å². The molecule has 3 unspecified atom stereocenters. The number of β-amino-alcohol motifs (C(OH)–C–C–N with tert-alkyl or cyclic N) is 1. The third kappa shape index (κ3) is 4.70. The van der Waals surface area contributed by atoms with E-state index in [2.05, 4.69) is 10.6 Å². The summed E-state index contributed by atoms with van der Waals surface area (Å²) in [5, 5.41) is 23.6. The monoisotopic (exact) mass is 244 g/mol.